The molecule has 2 aromatic rings. The fourth-order valence-corrected chi connectivity index (χ4v) is 2.18. The van der Waals surface area contributed by atoms with Gasteiger partial charge in [0.15, 0.2) is 11.5 Å². The number of aromatic carboxylic acids is 1. The first-order valence-electron chi connectivity index (χ1n) is 5.96. The third-order valence-electron chi connectivity index (χ3n) is 3.17. The van der Waals surface area contributed by atoms with Crippen molar-refractivity contribution in [3.05, 3.63) is 47.0 Å². The van der Waals surface area contributed by atoms with Gasteiger partial charge in [0.1, 0.15) is 0 Å². The quantitative estimate of drug-likeness (QED) is 0.601. The maximum absolute atomic E-state index is 11.0. The van der Waals surface area contributed by atoms with Crippen LogP contribution in [-0.4, -0.2) is 5.97 Å². The van der Waals surface area contributed by atoms with Crippen LogP contribution >= 0.6 is 0 Å². The Kier molecular flexibility index (Phi) is 3.80. The summed E-state index contributed by atoms with van der Waals surface area (Å²) in [6.45, 7) is 3.74. The molecule has 20 heavy (non-hydrogen) atoms. The zero-order chi connectivity index (χ0) is 13.6. The summed E-state index contributed by atoms with van der Waals surface area (Å²) in [7, 11) is 0. The summed E-state index contributed by atoms with van der Waals surface area (Å²) >= 11 is 0. The van der Waals surface area contributed by atoms with Gasteiger partial charge in [-0.3, -0.25) is 0 Å². The Bertz CT molecular complexity index is 698. The number of hydrogen-bond donors (Lipinski definition) is 1. The van der Waals surface area contributed by atoms with E-state index in [-0.39, 0.29) is 24.4 Å². The maximum atomic E-state index is 11.0. The maximum Gasteiger partial charge on any atom is 1.00 e. The molecule has 1 aliphatic heterocycles. The van der Waals surface area contributed by atoms with Gasteiger partial charge in [-0.25, -0.2) is 0 Å². The van der Waals surface area contributed by atoms with E-state index >= 15 is 0 Å². The summed E-state index contributed by atoms with van der Waals surface area (Å²) in [5.41, 5.74) is 3.57. The van der Waals surface area contributed by atoms with Gasteiger partial charge in [-0.1, -0.05) is 6.07 Å². The van der Waals surface area contributed by atoms with E-state index in [4.69, 9.17) is 4.74 Å². The molecule has 1 aliphatic rings. The third kappa shape index (κ3) is 2.40. The smallest absolute Gasteiger partial charge is 0.545 e. The minimum absolute atomic E-state index is 0. The van der Waals surface area contributed by atoms with Crippen molar-refractivity contribution in [2.75, 3.05) is 5.32 Å². The first-order valence-corrected chi connectivity index (χ1v) is 5.96. The van der Waals surface area contributed by atoms with E-state index in [1.54, 1.807) is 13.0 Å². The van der Waals surface area contributed by atoms with E-state index in [9.17, 15) is 9.90 Å². The minimum atomic E-state index is -1.20. The van der Waals surface area contributed by atoms with Gasteiger partial charge in [-0.15, -0.1) is 0 Å². The van der Waals surface area contributed by atoms with Crippen LogP contribution in [0, 0.1) is 13.8 Å². The molecule has 1 heterocycles. The van der Waals surface area contributed by atoms with Crippen molar-refractivity contribution < 1.29 is 33.5 Å². The second-order valence-electron chi connectivity index (χ2n) is 4.68. The van der Waals surface area contributed by atoms with Gasteiger partial charge in [0.05, 0.1) is 17.3 Å². The number of ether oxygens (including phenoxy) is 1. The fourth-order valence-electron chi connectivity index (χ4n) is 2.18. The molecule has 5 heteroatoms. The van der Waals surface area contributed by atoms with Crippen molar-refractivity contribution in [3.8, 4) is 11.5 Å². The van der Waals surface area contributed by atoms with Crippen molar-refractivity contribution in [2.45, 2.75) is 13.8 Å². The number of aryl methyl sites for hydroxylation is 2. The van der Waals surface area contributed by atoms with Crippen LogP contribution in [0.2, 0.25) is 0 Å². The Morgan fingerprint density at radius 1 is 1.10 bits per heavy atom. The first-order chi connectivity index (χ1) is 9.04. The number of nitrogens with one attached hydrogen (secondary N) is 1. The van der Waals surface area contributed by atoms with Crippen molar-refractivity contribution >= 4 is 17.3 Å². The molecule has 0 atom stereocenters. The number of rotatable bonds is 1. The van der Waals surface area contributed by atoms with Gasteiger partial charge >= 0.3 is 18.9 Å². The van der Waals surface area contributed by atoms with Gasteiger partial charge in [0, 0.05) is 5.56 Å². The SMILES string of the molecule is Cc1ccc2c(c1)Nc1cc(C)c(C(=O)[O-])cc1O2.[Li+]. The average Bonchev–Trinajstić information content (AvgIpc) is 2.35. The molecular formula is C15H12LiNO3. The van der Waals surface area contributed by atoms with E-state index in [1.165, 1.54) is 6.07 Å². The Balaban J connectivity index is 0.00000147. The molecule has 0 amide bonds. The zero-order valence-electron chi connectivity index (χ0n) is 11.6. The number of carboxylic acid groups (broad SMARTS) is 1. The molecule has 1 N–H and O–H groups in total. The molecule has 96 valence electrons. The Hall–Kier alpha value is -1.89. The summed E-state index contributed by atoms with van der Waals surface area (Å²) in [5, 5.41) is 14.3. The molecule has 2 aromatic carbocycles. The van der Waals surface area contributed by atoms with E-state index in [0.29, 0.717) is 17.1 Å². The molecule has 0 saturated carbocycles. The second-order valence-corrected chi connectivity index (χ2v) is 4.68. The van der Waals surface area contributed by atoms with Crippen LogP contribution in [0.1, 0.15) is 21.5 Å². The Morgan fingerprint density at radius 2 is 1.80 bits per heavy atom. The van der Waals surface area contributed by atoms with Crippen LogP contribution < -0.4 is 34.0 Å². The molecule has 0 aliphatic carbocycles. The molecule has 0 radical (unpaired) electrons. The number of fused-ring (bicyclic) bond motifs is 2. The number of benzene rings is 2. The summed E-state index contributed by atoms with van der Waals surface area (Å²) < 4.78 is 5.72. The topological polar surface area (TPSA) is 61.4 Å². The Labute approximate surface area is 128 Å². The molecule has 0 bridgehead atoms. The van der Waals surface area contributed by atoms with Crippen molar-refractivity contribution in [1.82, 2.24) is 0 Å². The molecular weight excluding hydrogens is 249 g/mol. The van der Waals surface area contributed by atoms with Gasteiger partial charge in [-0.05, 0) is 49.2 Å². The van der Waals surface area contributed by atoms with E-state index < -0.39 is 5.97 Å². The largest absolute Gasteiger partial charge is 1.00 e. The second kappa shape index (κ2) is 5.24. The number of hydrogen-bond acceptors (Lipinski definition) is 4. The summed E-state index contributed by atoms with van der Waals surface area (Å²) in [5.74, 6) is -0.00833. The predicted molar refractivity (Wildman–Crippen MR) is 70.0 cm³/mol. The van der Waals surface area contributed by atoms with Gasteiger partial charge in [0.25, 0.3) is 0 Å². The van der Waals surface area contributed by atoms with Crippen LogP contribution in [0.15, 0.2) is 30.3 Å². The fraction of sp³-hybridized carbons (Fsp3) is 0.133. The molecule has 0 unspecified atom stereocenters. The number of carboxylic acids is 1. The number of anilines is 2. The average molecular weight is 261 g/mol. The van der Waals surface area contributed by atoms with Crippen LogP contribution in [0.25, 0.3) is 0 Å². The van der Waals surface area contributed by atoms with Crippen LogP contribution in [0.4, 0.5) is 11.4 Å². The number of carbonyl (C=O) groups excluding carboxylic acids is 1. The molecule has 0 saturated heterocycles. The molecule has 3 rings (SSSR count). The third-order valence-corrected chi connectivity index (χ3v) is 3.17. The zero-order valence-corrected chi connectivity index (χ0v) is 11.6. The monoisotopic (exact) mass is 261 g/mol. The van der Waals surface area contributed by atoms with Gasteiger partial charge < -0.3 is 20.0 Å². The standard InChI is InChI=1S/C15H13NO3.Li/c1-8-3-4-13-11(5-8)16-12-6-9(2)10(15(17)18)7-14(12)19-13;/h3-7,16H,1-2H3,(H,17,18);/q;+1/p-1. The summed E-state index contributed by atoms with van der Waals surface area (Å²) in [4.78, 5) is 11.0. The van der Waals surface area contributed by atoms with E-state index in [2.05, 4.69) is 5.32 Å². The molecule has 0 aromatic heterocycles. The molecule has 0 spiro atoms. The number of carbonyl (C=O) groups is 1. The van der Waals surface area contributed by atoms with Crippen molar-refractivity contribution in [1.29, 1.82) is 0 Å². The Morgan fingerprint density at radius 3 is 2.50 bits per heavy atom. The van der Waals surface area contributed by atoms with Crippen LogP contribution in [0.5, 0.6) is 11.5 Å². The minimum Gasteiger partial charge on any atom is -0.545 e. The van der Waals surface area contributed by atoms with Gasteiger partial charge in [0.2, 0.25) is 0 Å². The normalized spacial score (nSPS) is 11.3. The molecule has 4 nitrogen and oxygen atoms in total. The van der Waals surface area contributed by atoms with E-state index in [0.717, 1.165) is 16.9 Å². The van der Waals surface area contributed by atoms with Crippen LogP contribution in [0.3, 0.4) is 0 Å². The van der Waals surface area contributed by atoms with Gasteiger partial charge in [-0.2, -0.15) is 0 Å². The van der Waals surface area contributed by atoms with Crippen LogP contribution in [-0.2, 0) is 0 Å². The van der Waals surface area contributed by atoms with Crippen molar-refractivity contribution in [2.24, 2.45) is 0 Å². The summed E-state index contributed by atoms with van der Waals surface area (Å²) in [6, 6.07) is 9.04. The molecule has 0 fully saturated rings. The predicted octanol–water partition coefficient (Wildman–Crippen LogP) is -0.480. The summed E-state index contributed by atoms with van der Waals surface area (Å²) in [6.07, 6.45) is 0. The first kappa shape index (κ1) is 14.5. The van der Waals surface area contributed by atoms with E-state index in [1.807, 2.05) is 25.1 Å². The van der Waals surface area contributed by atoms with Crippen molar-refractivity contribution in [3.63, 3.8) is 0 Å².